The summed E-state index contributed by atoms with van der Waals surface area (Å²) >= 11 is 0. The second kappa shape index (κ2) is 8.80. The molecule has 0 aliphatic carbocycles. The summed E-state index contributed by atoms with van der Waals surface area (Å²) in [6.45, 7) is -0.899. The number of benzene rings is 3. The van der Waals surface area contributed by atoms with E-state index in [0.717, 1.165) is 27.9 Å². The van der Waals surface area contributed by atoms with Crippen molar-refractivity contribution in [1.82, 2.24) is 9.38 Å². The number of para-hydroxylation sites is 3. The highest BCUT2D eigenvalue weighted by Gasteiger charge is 2.17. The number of fused-ring (bicyclic) bond motifs is 3. The Bertz CT molecular complexity index is 1580. The van der Waals surface area contributed by atoms with Gasteiger partial charge in [0.2, 0.25) is 0 Å². The zero-order chi connectivity index (χ0) is 23.7. The molecule has 0 aliphatic heterocycles. The van der Waals surface area contributed by atoms with Crippen molar-refractivity contribution in [3.8, 4) is 23.1 Å². The van der Waals surface area contributed by atoms with Crippen molar-refractivity contribution in [2.75, 3.05) is 0 Å². The van der Waals surface area contributed by atoms with Crippen molar-refractivity contribution in [3.05, 3.63) is 101 Å². The van der Waals surface area contributed by atoms with Gasteiger partial charge in [-0.05, 0) is 42.3 Å². The summed E-state index contributed by atoms with van der Waals surface area (Å²) in [7, 11) is 0. The number of nitriles is 1. The van der Waals surface area contributed by atoms with Gasteiger partial charge in [0.05, 0.1) is 16.7 Å². The van der Waals surface area contributed by atoms with Gasteiger partial charge in [-0.3, -0.25) is 4.40 Å². The number of nitrogens with zero attached hydrogens (tertiary/aromatic N) is 3. The largest absolute Gasteiger partial charge is 0.434 e. The van der Waals surface area contributed by atoms with Crippen LogP contribution in [0.4, 0.5) is 8.78 Å². The van der Waals surface area contributed by atoms with E-state index in [0.29, 0.717) is 22.3 Å². The van der Waals surface area contributed by atoms with Crippen LogP contribution in [0, 0.1) is 18.3 Å². The second-order valence-electron chi connectivity index (χ2n) is 7.85. The zero-order valence-corrected chi connectivity index (χ0v) is 18.2. The van der Waals surface area contributed by atoms with Crippen LogP contribution in [0.5, 0.6) is 5.75 Å². The Morgan fingerprint density at radius 3 is 2.41 bits per heavy atom. The number of pyridine rings is 1. The molecule has 6 heteroatoms. The summed E-state index contributed by atoms with van der Waals surface area (Å²) in [5, 5.41) is 10.0. The number of rotatable bonds is 5. The summed E-state index contributed by atoms with van der Waals surface area (Å²) in [4.78, 5) is 4.74. The van der Waals surface area contributed by atoms with Crippen molar-refractivity contribution in [1.29, 1.82) is 5.26 Å². The molecule has 0 aliphatic rings. The van der Waals surface area contributed by atoms with E-state index in [1.165, 1.54) is 6.07 Å². The van der Waals surface area contributed by atoms with Crippen LogP contribution in [0.15, 0.2) is 78.9 Å². The highest BCUT2D eigenvalue weighted by molar-refractivity contribution is 5.89. The van der Waals surface area contributed by atoms with Crippen molar-refractivity contribution in [3.63, 3.8) is 0 Å². The molecule has 5 rings (SSSR count). The lowest BCUT2D eigenvalue weighted by molar-refractivity contribution is -0.0499. The monoisotopic (exact) mass is 451 g/mol. The summed E-state index contributed by atoms with van der Waals surface area (Å²) in [6, 6.07) is 26.6. The SMILES string of the molecule is Cc1ccc(-c2cc(C=Cc3ccccc3OC(F)F)c(C#N)c3nc4ccccc4n23)cc1. The highest BCUT2D eigenvalue weighted by Crippen LogP contribution is 2.32. The van der Waals surface area contributed by atoms with Crippen molar-refractivity contribution in [2.45, 2.75) is 13.5 Å². The molecular weight excluding hydrogens is 432 g/mol. The van der Waals surface area contributed by atoms with E-state index in [2.05, 4.69) is 10.8 Å². The first-order valence-electron chi connectivity index (χ1n) is 10.7. The number of aromatic nitrogens is 2. The van der Waals surface area contributed by atoms with Crippen molar-refractivity contribution in [2.24, 2.45) is 0 Å². The summed E-state index contributed by atoms with van der Waals surface area (Å²) in [6.07, 6.45) is 3.41. The number of hydrogen-bond donors (Lipinski definition) is 0. The van der Waals surface area contributed by atoms with Crippen molar-refractivity contribution >= 4 is 28.8 Å². The maximum Gasteiger partial charge on any atom is 0.387 e. The van der Waals surface area contributed by atoms with E-state index in [1.54, 1.807) is 30.4 Å². The third-order valence-corrected chi connectivity index (χ3v) is 5.64. The van der Waals surface area contributed by atoms with Crippen LogP contribution in [-0.4, -0.2) is 16.0 Å². The van der Waals surface area contributed by atoms with Gasteiger partial charge in [-0.15, -0.1) is 0 Å². The molecule has 34 heavy (non-hydrogen) atoms. The first-order valence-corrected chi connectivity index (χ1v) is 10.7. The van der Waals surface area contributed by atoms with Gasteiger partial charge in [0.15, 0.2) is 5.65 Å². The Balaban J connectivity index is 1.75. The molecule has 0 saturated heterocycles. The average Bonchev–Trinajstić information content (AvgIpc) is 3.22. The molecule has 166 valence electrons. The molecular formula is C28H19F2N3O. The molecule has 0 saturated carbocycles. The minimum atomic E-state index is -2.92. The number of aryl methyl sites for hydroxylation is 1. The number of halogens is 2. The predicted octanol–water partition coefficient (Wildman–Crippen LogP) is 7.11. The van der Waals surface area contributed by atoms with E-state index < -0.39 is 6.61 Å². The fraction of sp³-hybridized carbons (Fsp3) is 0.0714. The average molecular weight is 451 g/mol. The molecule has 0 bridgehead atoms. The Hall–Kier alpha value is -4.50. The van der Waals surface area contributed by atoms with Gasteiger partial charge >= 0.3 is 6.61 Å². The molecule has 0 spiro atoms. The maximum absolute atomic E-state index is 12.8. The molecule has 0 fully saturated rings. The molecule has 0 N–H and O–H groups in total. The van der Waals surface area contributed by atoms with Crippen LogP contribution in [0.2, 0.25) is 0 Å². The lowest BCUT2D eigenvalue weighted by Crippen LogP contribution is -2.03. The Morgan fingerprint density at radius 2 is 1.65 bits per heavy atom. The molecule has 0 atom stereocenters. The number of hydrogen-bond acceptors (Lipinski definition) is 3. The summed E-state index contributed by atoms with van der Waals surface area (Å²) in [5.74, 6) is 0.0682. The van der Waals surface area contributed by atoms with Gasteiger partial charge in [0, 0.05) is 5.56 Å². The molecule has 2 heterocycles. The van der Waals surface area contributed by atoms with E-state index in [-0.39, 0.29) is 5.75 Å². The van der Waals surface area contributed by atoms with Gasteiger partial charge in [0.1, 0.15) is 17.4 Å². The molecule has 0 radical (unpaired) electrons. The topological polar surface area (TPSA) is 50.3 Å². The predicted molar refractivity (Wildman–Crippen MR) is 130 cm³/mol. The summed E-state index contributed by atoms with van der Waals surface area (Å²) < 4.78 is 32.3. The maximum atomic E-state index is 12.8. The van der Waals surface area contributed by atoms with Crippen LogP contribution < -0.4 is 4.74 Å². The first-order chi connectivity index (χ1) is 16.5. The molecule has 5 aromatic rings. The molecule has 3 aromatic carbocycles. The number of ether oxygens (including phenoxy) is 1. The minimum Gasteiger partial charge on any atom is -0.434 e. The van der Waals surface area contributed by atoms with Crippen LogP contribution >= 0.6 is 0 Å². The third-order valence-electron chi connectivity index (χ3n) is 5.64. The van der Waals surface area contributed by atoms with Gasteiger partial charge in [-0.25, -0.2) is 4.98 Å². The van der Waals surface area contributed by atoms with E-state index >= 15 is 0 Å². The van der Waals surface area contributed by atoms with Gasteiger partial charge in [0.25, 0.3) is 0 Å². The van der Waals surface area contributed by atoms with Crippen LogP contribution in [0.1, 0.15) is 22.3 Å². The zero-order valence-electron chi connectivity index (χ0n) is 18.2. The van der Waals surface area contributed by atoms with Gasteiger partial charge in [-0.2, -0.15) is 14.0 Å². The normalized spacial score (nSPS) is 11.5. The highest BCUT2D eigenvalue weighted by atomic mass is 19.3. The lowest BCUT2D eigenvalue weighted by Gasteiger charge is -2.12. The summed E-state index contributed by atoms with van der Waals surface area (Å²) in [5.41, 5.74) is 6.72. The van der Waals surface area contributed by atoms with E-state index in [9.17, 15) is 14.0 Å². The number of imidazole rings is 1. The fourth-order valence-corrected chi connectivity index (χ4v) is 4.03. The standard InChI is InChI=1S/C28H19F2N3O/c1-18-10-12-19(13-11-18)25-16-21(15-14-20-6-2-5-9-26(20)34-28(29)30)22(17-31)27-32-23-7-3-4-8-24(23)33(25)27/h2-16,28H,1H3. The fourth-order valence-electron chi connectivity index (χ4n) is 4.03. The second-order valence-corrected chi connectivity index (χ2v) is 7.85. The number of alkyl halides is 2. The Morgan fingerprint density at radius 1 is 0.941 bits per heavy atom. The van der Waals surface area contributed by atoms with Gasteiger partial charge in [-0.1, -0.05) is 72.3 Å². The van der Waals surface area contributed by atoms with Gasteiger partial charge < -0.3 is 4.74 Å². The third kappa shape index (κ3) is 3.89. The Kier molecular flexibility index (Phi) is 5.52. The molecule has 0 amide bonds. The van der Waals surface area contributed by atoms with E-state index in [1.807, 2.05) is 65.9 Å². The van der Waals surface area contributed by atoms with Crippen molar-refractivity contribution < 1.29 is 13.5 Å². The van der Waals surface area contributed by atoms with Crippen LogP contribution in [-0.2, 0) is 0 Å². The molecule has 2 aromatic heterocycles. The first kappa shape index (κ1) is 21.4. The minimum absolute atomic E-state index is 0.0682. The molecule has 0 unspecified atom stereocenters. The van der Waals surface area contributed by atoms with E-state index in [4.69, 9.17) is 4.98 Å². The smallest absolute Gasteiger partial charge is 0.387 e. The lowest BCUT2D eigenvalue weighted by atomic mass is 10.0. The molecule has 4 nitrogen and oxygen atoms in total. The quantitative estimate of drug-likeness (QED) is 0.286. The Labute approximate surface area is 195 Å². The van der Waals surface area contributed by atoms with Crippen LogP contribution in [0.3, 0.4) is 0 Å². The van der Waals surface area contributed by atoms with Crippen LogP contribution in [0.25, 0.3) is 40.1 Å².